The topological polar surface area (TPSA) is 64.6 Å². The van der Waals surface area contributed by atoms with E-state index in [2.05, 4.69) is 5.32 Å². The molecule has 1 aliphatic rings. The first-order chi connectivity index (χ1) is 10.00. The molecule has 0 saturated heterocycles. The second-order valence-corrected chi connectivity index (χ2v) is 7.68. The Morgan fingerprint density at radius 3 is 2.67 bits per heavy atom. The van der Waals surface area contributed by atoms with E-state index in [1.807, 2.05) is 25.1 Å². The van der Waals surface area contributed by atoms with Crippen LogP contribution in [-0.4, -0.2) is 45.7 Å². The van der Waals surface area contributed by atoms with Crippen LogP contribution in [0.15, 0.2) is 18.2 Å². The number of hydrogen-bond donors (Lipinski definition) is 1. The number of sulfone groups is 1. The van der Waals surface area contributed by atoms with Gasteiger partial charge < -0.3 is 14.8 Å². The second kappa shape index (κ2) is 7.13. The number of fused-ring (bicyclic) bond motifs is 1. The molecule has 0 spiro atoms. The van der Waals surface area contributed by atoms with Gasteiger partial charge in [0.2, 0.25) is 0 Å². The summed E-state index contributed by atoms with van der Waals surface area (Å²) < 4.78 is 34.1. The van der Waals surface area contributed by atoms with Crippen LogP contribution in [0.5, 0.6) is 11.5 Å². The van der Waals surface area contributed by atoms with Crippen LogP contribution < -0.4 is 14.8 Å². The van der Waals surface area contributed by atoms with Gasteiger partial charge in [0.05, 0.1) is 5.75 Å². The summed E-state index contributed by atoms with van der Waals surface area (Å²) in [5, 5.41) is 3.25. The van der Waals surface area contributed by atoms with Crippen LogP contribution in [0.25, 0.3) is 0 Å². The molecule has 0 radical (unpaired) electrons. The maximum absolute atomic E-state index is 11.5. The van der Waals surface area contributed by atoms with Gasteiger partial charge in [0, 0.05) is 11.8 Å². The summed E-state index contributed by atoms with van der Waals surface area (Å²) in [6, 6.07) is 5.90. The Morgan fingerprint density at radius 1 is 1.24 bits per heavy atom. The lowest BCUT2D eigenvalue weighted by Crippen LogP contribution is -2.34. The van der Waals surface area contributed by atoms with E-state index in [-0.39, 0.29) is 17.5 Å². The van der Waals surface area contributed by atoms with Crippen molar-refractivity contribution in [2.75, 3.05) is 31.3 Å². The van der Waals surface area contributed by atoms with Crippen molar-refractivity contribution in [3.8, 4) is 11.5 Å². The highest BCUT2D eigenvalue weighted by Gasteiger charge is 2.14. The zero-order chi connectivity index (χ0) is 15.3. The van der Waals surface area contributed by atoms with Gasteiger partial charge in [0.1, 0.15) is 13.2 Å². The van der Waals surface area contributed by atoms with Gasteiger partial charge in [-0.1, -0.05) is 13.0 Å². The maximum Gasteiger partial charge on any atom is 0.161 e. The van der Waals surface area contributed by atoms with Gasteiger partial charge in [-0.25, -0.2) is 8.42 Å². The predicted octanol–water partition coefficient (Wildman–Crippen LogP) is 1.41. The number of hydrogen-bond acceptors (Lipinski definition) is 5. The van der Waals surface area contributed by atoms with Gasteiger partial charge in [-0.2, -0.15) is 0 Å². The molecule has 1 N–H and O–H groups in total. The molecule has 0 amide bonds. The zero-order valence-electron chi connectivity index (χ0n) is 12.6. The lowest BCUT2D eigenvalue weighted by Gasteiger charge is -2.19. The normalized spacial score (nSPS) is 15.7. The molecule has 0 fully saturated rings. The minimum atomic E-state index is -2.92. The van der Waals surface area contributed by atoms with E-state index < -0.39 is 9.84 Å². The molecular formula is C15H23NO4S. The van der Waals surface area contributed by atoms with Crippen molar-refractivity contribution in [3.05, 3.63) is 23.8 Å². The fourth-order valence-corrected chi connectivity index (χ4v) is 3.38. The molecule has 118 valence electrons. The monoisotopic (exact) mass is 313 g/mol. The summed E-state index contributed by atoms with van der Waals surface area (Å²) in [5.74, 6) is 1.96. The molecule has 1 aliphatic heterocycles. The second-order valence-electron chi connectivity index (χ2n) is 5.28. The van der Waals surface area contributed by atoms with Crippen LogP contribution in [0.2, 0.25) is 0 Å². The summed E-state index contributed by atoms with van der Waals surface area (Å²) in [7, 11) is -2.92. The molecule has 1 unspecified atom stereocenters. The summed E-state index contributed by atoms with van der Waals surface area (Å²) in [4.78, 5) is 0. The Kier molecular flexibility index (Phi) is 5.47. The van der Waals surface area contributed by atoms with Crippen molar-refractivity contribution >= 4 is 9.84 Å². The minimum absolute atomic E-state index is 0.0350. The molecule has 2 rings (SSSR count). The standard InChI is InChI=1S/C15H23NO4S/c1-3-21(17,18)11-12(2)16-7-6-13-4-5-14-15(10-13)20-9-8-19-14/h4-5,10,12,16H,3,6-9,11H2,1-2H3. The van der Waals surface area contributed by atoms with Crippen molar-refractivity contribution in [2.24, 2.45) is 0 Å². The SMILES string of the molecule is CCS(=O)(=O)CC(C)NCCc1ccc2c(c1)OCCO2. The average Bonchev–Trinajstić information content (AvgIpc) is 2.46. The highest BCUT2D eigenvalue weighted by Crippen LogP contribution is 2.30. The Bertz CT molecular complexity index is 571. The van der Waals surface area contributed by atoms with Crippen LogP contribution >= 0.6 is 0 Å². The number of rotatable bonds is 7. The number of nitrogens with one attached hydrogen (secondary N) is 1. The van der Waals surface area contributed by atoms with E-state index in [1.165, 1.54) is 0 Å². The smallest absolute Gasteiger partial charge is 0.161 e. The van der Waals surface area contributed by atoms with E-state index in [4.69, 9.17) is 9.47 Å². The van der Waals surface area contributed by atoms with Gasteiger partial charge in [-0.05, 0) is 37.6 Å². The Morgan fingerprint density at radius 2 is 1.95 bits per heavy atom. The molecule has 0 aliphatic carbocycles. The first kappa shape index (κ1) is 16.1. The molecule has 0 saturated carbocycles. The molecule has 1 atom stereocenters. The van der Waals surface area contributed by atoms with Crippen LogP contribution in [0.3, 0.4) is 0 Å². The molecule has 1 aromatic carbocycles. The van der Waals surface area contributed by atoms with E-state index in [9.17, 15) is 8.42 Å². The van der Waals surface area contributed by atoms with Crippen LogP contribution in [0.1, 0.15) is 19.4 Å². The van der Waals surface area contributed by atoms with Gasteiger partial charge in [0.25, 0.3) is 0 Å². The first-order valence-electron chi connectivity index (χ1n) is 7.32. The fourth-order valence-electron chi connectivity index (χ4n) is 2.26. The number of ether oxygens (including phenoxy) is 2. The van der Waals surface area contributed by atoms with Gasteiger partial charge in [-0.15, -0.1) is 0 Å². The third kappa shape index (κ3) is 4.89. The van der Waals surface area contributed by atoms with Crippen molar-refractivity contribution in [2.45, 2.75) is 26.3 Å². The largest absolute Gasteiger partial charge is 0.486 e. The molecule has 0 aromatic heterocycles. The predicted molar refractivity (Wildman–Crippen MR) is 82.9 cm³/mol. The van der Waals surface area contributed by atoms with Crippen LogP contribution in [0, 0.1) is 0 Å². The van der Waals surface area contributed by atoms with Gasteiger partial charge >= 0.3 is 0 Å². The first-order valence-corrected chi connectivity index (χ1v) is 9.14. The highest BCUT2D eigenvalue weighted by molar-refractivity contribution is 7.91. The summed E-state index contributed by atoms with van der Waals surface area (Å²) in [6.07, 6.45) is 0.827. The molecular weight excluding hydrogens is 290 g/mol. The minimum Gasteiger partial charge on any atom is -0.486 e. The van der Waals surface area contributed by atoms with E-state index in [0.29, 0.717) is 13.2 Å². The summed E-state index contributed by atoms with van der Waals surface area (Å²) in [6.45, 7) is 5.49. The van der Waals surface area contributed by atoms with E-state index in [1.54, 1.807) is 6.92 Å². The van der Waals surface area contributed by atoms with Crippen LogP contribution in [0.4, 0.5) is 0 Å². The van der Waals surface area contributed by atoms with Gasteiger partial charge in [-0.3, -0.25) is 0 Å². The molecule has 5 nitrogen and oxygen atoms in total. The highest BCUT2D eigenvalue weighted by atomic mass is 32.2. The fraction of sp³-hybridized carbons (Fsp3) is 0.600. The zero-order valence-corrected chi connectivity index (χ0v) is 13.4. The summed E-state index contributed by atoms with van der Waals surface area (Å²) in [5.41, 5.74) is 1.15. The van der Waals surface area contributed by atoms with E-state index >= 15 is 0 Å². The van der Waals surface area contributed by atoms with Crippen molar-refractivity contribution in [1.82, 2.24) is 5.32 Å². The Hall–Kier alpha value is -1.27. The van der Waals surface area contributed by atoms with Crippen molar-refractivity contribution < 1.29 is 17.9 Å². The maximum atomic E-state index is 11.5. The quantitative estimate of drug-likeness (QED) is 0.824. The third-order valence-electron chi connectivity index (χ3n) is 3.46. The lowest BCUT2D eigenvalue weighted by atomic mass is 10.1. The van der Waals surface area contributed by atoms with Crippen molar-refractivity contribution in [3.63, 3.8) is 0 Å². The van der Waals surface area contributed by atoms with Gasteiger partial charge in [0.15, 0.2) is 21.3 Å². The summed E-state index contributed by atoms with van der Waals surface area (Å²) >= 11 is 0. The Labute approximate surface area is 126 Å². The lowest BCUT2D eigenvalue weighted by molar-refractivity contribution is 0.171. The molecule has 1 aromatic rings. The van der Waals surface area contributed by atoms with E-state index in [0.717, 1.165) is 30.0 Å². The molecule has 21 heavy (non-hydrogen) atoms. The average molecular weight is 313 g/mol. The Balaban J connectivity index is 1.81. The molecule has 6 heteroatoms. The van der Waals surface area contributed by atoms with Crippen LogP contribution in [-0.2, 0) is 16.3 Å². The molecule has 0 bridgehead atoms. The van der Waals surface area contributed by atoms with Crippen molar-refractivity contribution in [1.29, 1.82) is 0 Å². The third-order valence-corrected chi connectivity index (χ3v) is 5.34. The number of benzene rings is 1. The molecule has 1 heterocycles.